The van der Waals surface area contributed by atoms with Crippen molar-refractivity contribution in [3.63, 3.8) is 0 Å². The van der Waals surface area contributed by atoms with Gasteiger partial charge in [0.1, 0.15) is 5.69 Å². The minimum Gasteiger partial charge on any atom is -0.493 e. The van der Waals surface area contributed by atoms with Crippen molar-refractivity contribution in [3.8, 4) is 11.5 Å². The largest absolute Gasteiger partial charge is 0.493 e. The molecule has 0 bridgehead atoms. The zero-order chi connectivity index (χ0) is 13.7. The second-order valence-corrected chi connectivity index (χ2v) is 4.98. The van der Waals surface area contributed by atoms with Gasteiger partial charge in [-0.15, -0.1) is 24.8 Å². The summed E-state index contributed by atoms with van der Waals surface area (Å²) in [7, 11) is 3.29. The second kappa shape index (κ2) is 10.1. The van der Waals surface area contributed by atoms with Gasteiger partial charge >= 0.3 is 0 Å². The molecule has 2 N–H and O–H groups in total. The molecule has 1 aromatic heterocycles. The predicted octanol–water partition coefficient (Wildman–Crippen LogP) is 2.26. The van der Waals surface area contributed by atoms with E-state index in [0.717, 1.165) is 43.2 Å². The molecule has 1 aromatic rings. The number of hydrogen-bond donors (Lipinski definition) is 1. The fourth-order valence-electron chi connectivity index (χ4n) is 2.57. The molecule has 0 aliphatic carbocycles. The molecule has 1 unspecified atom stereocenters. The Morgan fingerprint density at radius 2 is 2.05 bits per heavy atom. The van der Waals surface area contributed by atoms with Crippen LogP contribution in [-0.4, -0.2) is 43.2 Å². The minimum atomic E-state index is 0. The number of ether oxygens (including phenoxy) is 2. The maximum Gasteiger partial charge on any atom is 0.183 e. The summed E-state index contributed by atoms with van der Waals surface area (Å²) in [5.74, 6) is 1.45. The van der Waals surface area contributed by atoms with Crippen molar-refractivity contribution in [3.05, 3.63) is 18.0 Å². The van der Waals surface area contributed by atoms with E-state index in [0.29, 0.717) is 0 Å². The lowest BCUT2D eigenvalue weighted by Crippen LogP contribution is -2.35. The van der Waals surface area contributed by atoms with Crippen LogP contribution in [0.3, 0.4) is 0 Å². The summed E-state index contributed by atoms with van der Waals surface area (Å²) in [6.45, 7) is 2.74. The summed E-state index contributed by atoms with van der Waals surface area (Å²) in [5, 5.41) is 0. The first-order valence-electron chi connectivity index (χ1n) is 6.78. The molecule has 1 aliphatic rings. The zero-order valence-corrected chi connectivity index (χ0v) is 14.2. The monoisotopic (exact) mass is 337 g/mol. The molecule has 0 saturated carbocycles. The van der Waals surface area contributed by atoms with Gasteiger partial charge in [0, 0.05) is 31.4 Å². The van der Waals surface area contributed by atoms with Crippen LogP contribution >= 0.6 is 24.8 Å². The molecule has 5 nitrogen and oxygen atoms in total. The maximum absolute atomic E-state index is 6.09. The first-order chi connectivity index (χ1) is 9.24. The highest BCUT2D eigenvalue weighted by Crippen LogP contribution is 2.30. The van der Waals surface area contributed by atoms with E-state index in [-0.39, 0.29) is 30.9 Å². The predicted molar refractivity (Wildman–Crippen MR) is 88.9 cm³/mol. The molecule has 1 fully saturated rings. The molecule has 0 aromatic carbocycles. The third-order valence-electron chi connectivity index (χ3n) is 3.53. The summed E-state index contributed by atoms with van der Waals surface area (Å²) in [6.07, 6.45) is 5.27. The average Bonchev–Trinajstić information content (AvgIpc) is 2.62. The topological polar surface area (TPSA) is 60.6 Å². The van der Waals surface area contributed by atoms with Gasteiger partial charge < -0.3 is 15.2 Å². The van der Waals surface area contributed by atoms with Gasteiger partial charge in [-0.05, 0) is 19.4 Å². The molecule has 122 valence electrons. The number of likely N-dealkylation sites (tertiary alicyclic amines) is 1. The average molecular weight is 338 g/mol. The molecular formula is C14H25Cl2N3O2. The lowest BCUT2D eigenvalue weighted by molar-refractivity contribution is 0.254. The van der Waals surface area contributed by atoms with Crippen molar-refractivity contribution in [2.45, 2.75) is 31.8 Å². The smallest absolute Gasteiger partial charge is 0.183 e. The van der Waals surface area contributed by atoms with Gasteiger partial charge in [0.05, 0.1) is 14.2 Å². The Hall–Kier alpha value is -0.750. The summed E-state index contributed by atoms with van der Waals surface area (Å²) in [6, 6.07) is 2.08. The number of halogens is 2. The van der Waals surface area contributed by atoms with Gasteiger partial charge in [-0.1, -0.05) is 6.42 Å². The highest BCUT2D eigenvalue weighted by atomic mass is 35.5. The molecule has 1 saturated heterocycles. The van der Waals surface area contributed by atoms with E-state index < -0.39 is 0 Å². The number of pyridine rings is 1. The summed E-state index contributed by atoms with van der Waals surface area (Å²) in [5.41, 5.74) is 7.00. The van der Waals surface area contributed by atoms with Gasteiger partial charge in [0.15, 0.2) is 11.5 Å². The quantitative estimate of drug-likeness (QED) is 0.912. The molecule has 0 radical (unpaired) electrons. The summed E-state index contributed by atoms with van der Waals surface area (Å²) < 4.78 is 10.7. The van der Waals surface area contributed by atoms with Gasteiger partial charge in [-0.3, -0.25) is 9.88 Å². The van der Waals surface area contributed by atoms with Crippen LogP contribution in [0.2, 0.25) is 0 Å². The highest BCUT2D eigenvalue weighted by Gasteiger charge is 2.18. The van der Waals surface area contributed by atoms with Crippen molar-refractivity contribution in [1.82, 2.24) is 9.88 Å². The first kappa shape index (κ1) is 20.2. The number of aromatic nitrogens is 1. The standard InChI is InChI=1S/C14H23N3O2.2ClH/c1-18-13-6-7-16-12(14(13)19-2)10-17-8-4-3-5-11(15)9-17;;/h6-7,11H,3-5,8-10,15H2,1-2H3;2*1H. The fourth-order valence-corrected chi connectivity index (χ4v) is 2.57. The van der Waals surface area contributed by atoms with Crippen molar-refractivity contribution in [2.24, 2.45) is 5.73 Å². The number of nitrogens with two attached hydrogens (primary N) is 1. The Kier molecular flexibility index (Phi) is 9.70. The van der Waals surface area contributed by atoms with Crippen molar-refractivity contribution in [1.29, 1.82) is 0 Å². The Morgan fingerprint density at radius 3 is 2.71 bits per heavy atom. The molecule has 21 heavy (non-hydrogen) atoms. The van der Waals surface area contributed by atoms with Crippen molar-refractivity contribution < 1.29 is 9.47 Å². The van der Waals surface area contributed by atoms with Gasteiger partial charge in [-0.25, -0.2) is 0 Å². The van der Waals surface area contributed by atoms with E-state index >= 15 is 0 Å². The van der Waals surface area contributed by atoms with Crippen LogP contribution in [0.25, 0.3) is 0 Å². The van der Waals surface area contributed by atoms with Crippen LogP contribution < -0.4 is 15.2 Å². The van der Waals surface area contributed by atoms with E-state index in [9.17, 15) is 0 Å². The van der Waals surface area contributed by atoms with Gasteiger partial charge in [-0.2, -0.15) is 0 Å². The lowest BCUT2D eigenvalue weighted by atomic mass is 10.2. The molecule has 0 spiro atoms. The van der Waals surface area contributed by atoms with Gasteiger partial charge in [0.25, 0.3) is 0 Å². The van der Waals surface area contributed by atoms with E-state index in [4.69, 9.17) is 15.2 Å². The molecule has 1 aliphatic heterocycles. The second-order valence-electron chi connectivity index (χ2n) is 4.98. The highest BCUT2D eigenvalue weighted by molar-refractivity contribution is 5.85. The summed E-state index contributed by atoms with van der Waals surface area (Å²) >= 11 is 0. The SMILES string of the molecule is COc1ccnc(CN2CCCCC(N)C2)c1OC.Cl.Cl. The number of methoxy groups -OCH3 is 2. The van der Waals surface area contributed by atoms with Crippen molar-refractivity contribution >= 4 is 24.8 Å². The number of nitrogens with zero attached hydrogens (tertiary/aromatic N) is 2. The molecule has 0 amide bonds. The molecular weight excluding hydrogens is 313 g/mol. The third-order valence-corrected chi connectivity index (χ3v) is 3.53. The van der Waals surface area contributed by atoms with Crippen LogP contribution in [0.5, 0.6) is 11.5 Å². The van der Waals surface area contributed by atoms with Crippen LogP contribution in [0.15, 0.2) is 12.3 Å². The van der Waals surface area contributed by atoms with E-state index in [2.05, 4.69) is 9.88 Å². The van der Waals surface area contributed by atoms with E-state index in [1.165, 1.54) is 12.8 Å². The number of rotatable bonds is 4. The fraction of sp³-hybridized carbons (Fsp3) is 0.643. The Bertz CT molecular complexity index is 421. The zero-order valence-electron chi connectivity index (χ0n) is 12.6. The molecule has 1 atom stereocenters. The lowest BCUT2D eigenvalue weighted by Gasteiger charge is -2.23. The van der Waals surface area contributed by atoms with Gasteiger partial charge in [0.2, 0.25) is 0 Å². The van der Waals surface area contributed by atoms with Crippen LogP contribution in [0.4, 0.5) is 0 Å². The molecule has 2 rings (SSSR count). The normalized spacial score (nSPS) is 18.9. The minimum absolute atomic E-state index is 0. The van der Waals surface area contributed by atoms with Crippen molar-refractivity contribution in [2.75, 3.05) is 27.3 Å². The maximum atomic E-state index is 6.09. The Morgan fingerprint density at radius 1 is 1.29 bits per heavy atom. The van der Waals surface area contributed by atoms with Crippen LogP contribution in [-0.2, 0) is 6.54 Å². The third kappa shape index (κ3) is 5.51. The molecule has 7 heteroatoms. The Labute approximate surface area is 139 Å². The summed E-state index contributed by atoms with van der Waals surface area (Å²) in [4.78, 5) is 6.77. The Balaban J connectivity index is 0.00000200. The molecule has 2 heterocycles. The van der Waals surface area contributed by atoms with E-state index in [1.807, 2.05) is 6.07 Å². The number of hydrogen-bond acceptors (Lipinski definition) is 5. The first-order valence-corrected chi connectivity index (χ1v) is 6.78. The van der Waals surface area contributed by atoms with Crippen LogP contribution in [0.1, 0.15) is 25.0 Å². The van der Waals surface area contributed by atoms with E-state index in [1.54, 1.807) is 20.4 Å². The van der Waals surface area contributed by atoms with Crippen LogP contribution in [0, 0.1) is 0 Å².